The Labute approximate surface area is 233 Å². The molecule has 2 rings (SSSR count). The molecule has 0 fully saturated rings. The van der Waals surface area contributed by atoms with Crippen LogP contribution in [0.2, 0.25) is 0 Å². The van der Waals surface area contributed by atoms with Gasteiger partial charge in [-0.25, -0.2) is 9.59 Å². The van der Waals surface area contributed by atoms with Crippen LogP contribution in [0.5, 0.6) is 0 Å². The van der Waals surface area contributed by atoms with Gasteiger partial charge in [0.15, 0.2) is 0 Å². The molecule has 0 atom stereocenters. The fourth-order valence-corrected chi connectivity index (χ4v) is 3.57. The second-order valence-corrected chi connectivity index (χ2v) is 8.81. The number of rotatable bonds is 12. The molecule has 7 N–H and O–H groups in total. The first kappa shape index (κ1) is 37.4. The molecule has 2 aromatic carbocycles. The number of amides is 1. The summed E-state index contributed by atoms with van der Waals surface area (Å²) in [5.74, 6) is -5.46. The molecule has 0 radical (unpaired) electrons. The zero-order valence-corrected chi connectivity index (χ0v) is 22.2. The number of carbonyl (C=O) groups is 3. The molecule has 1 amide bonds. The summed E-state index contributed by atoms with van der Waals surface area (Å²) in [4.78, 5) is 30.7. The molecule has 8 nitrogen and oxygen atoms in total. The summed E-state index contributed by atoms with van der Waals surface area (Å²) in [5.41, 5.74) is 13.8. The minimum absolute atomic E-state index is 0.0524. The summed E-state index contributed by atoms with van der Waals surface area (Å²) in [6.45, 7) is 1.31. The van der Waals surface area contributed by atoms with Crippen LogP contribution < -0.4 is 16.8 Å². The lowest BCUT2D eigenvalue weighted by Crippen LogP contribution is -2.47. The van der Waals surface area contributed by atoms with E-state index in [0.29, 0.717) is 19.6 Å². The number of halogens is 6. The molecular formula is C27H35F6N3O5. The van der Waals surface area contributed by atoms with Crippen LogP contribution in [0.25, 0.3) is 0 Å². The quantitative estimate of drug-likeness (QED) is 0.229. The third kappa shape index (κ3) is 16.3. The number of aryl methyl sites for hydroxylation is 2. The predicted octanol–water partition coefficient (Wildman–Crippen LogP) is 4.32. The molecule has 0 saturated heterocycles. The molecule has 0 unspecified atom stereocenters. The Morgan fingerprint density at radius 1 is 0.683 bits per heavy atom. The van der Waals surface area contributed by atoms with E-state index in [0.717, 1.165) is 38.5 Å². The average Bonchev–Trinajstić information content (AvgIpc) is 2.91. The number of hydrogen-bond donors (Lipinski definition) is 5. The minimum Gasteiger partial charge on any atom is -0.475 e. The summed E-state index contributed by atoms with van der Waals surface area (Å²) in [6.07, 6.45) is -4.75. The summed E-state index contributed by atoms with van der Waals surface area (Å²) >= 11 is 0. The molecule has 0 bridgehead atoms. The van der Waals surface area contributed by atoms with Crippen molar-refractivity contribution in [2.75, 3.05) is 19.6 Å². The van der Waals surface area contributed by atoms with Crippen molar-refractivity contribution in [2.45, 2.75) is 50.9 Å². The highest BCUT2D eigenvalue weighted by atomic mass is 19.4. The van der Waals surface area contributed by atoms with E-state index in [1.807, 2.05) is 12.1 Å². The van der Waals surface area contributed by atoms with Crippen LogP contribution in [0.15, 0.2) is 60.7 Å². The number of carbonyl (C=O) groups excluding carboxylic acids is 1. The van der Waals surface area contributed by atoms with E-state index >= 15 is 0 Å². The highest BCUT2D eigenvalue weighted by Crippen LogP contribution is 2.31. The maximum absolute atomic E-state index is 12.9. The van der Waals surface area contributed by atoms with E-state index in [9.17, 15) is 31.1 Å². The van der Waals surface area contributed by atoms with Crippen molar-refractivity contribution < 1.29 is 50.9 Å². The lowest BCUT2D eigenvalue weighted by molar-refractivity contribution is -0.193. The molecule has 2 aromatic rings. The highest BCUT2D eigenvalue weighted by Gasteiger charge is 2.39. The zero-order chi connectivity index (χ0) is 31.5. The first-order chi connectivity index (χ1) is 19.1. The van der Waals surface area contributed by atoms with Gasteiger partial charge in [-0.05, 0) is 49.7 Å². The molecule has 0 aliphatic carbocycles. The third-order valence-electron chi connectivity index (χ3n) is 5.71. The van der Waals surface area contributed by atoms with Crippen LogP contribution in [0.1, 0.15) is 36.8 Å². The number of hydrogen-bond acceptors (Lipinski definition) is 5. The first-order valence-corrected chi connectivity index (χ1v) is 12.5. The second kappa shape index (κ2) is 18.7. The molecular weight excluding hydrogens is 560 g/mol. The van der Waals surface area contributed by atoms with Gasteiger partial charge in [0, 0.05) is 19.6 Å². The van der Waals surface area contributed by atoms with Crippen molar-refractivity contribution in [3.8, 4) is 0 Å². The normalized spacial score (nSPS) is 11.3. The molecule has 0 saturated carbocycles. The standard InChI is InChI=1S/C23H33N3O.2C2HF3O2/c24-17-18-26-22(27)23(19-25,15-7-13-20-9-3-1-4-10-20)16-8-14-21-11-5-2-6-12-21;2*3-2(4,5)1(6)7/h1-6,9-12H,7-8,13-19,24-25H2,(H,26,27);2*(H,6,7). The Morgan fingerprint density at radius 2 is 1.02 bits per heavy atom. The first-order valence-electron chi connectivity index (χ1n) is 12.5. The molecule has 14 heteroatoms. The summed E-state index contributed by atoms with van der Waals surface area (Å²) in [6, 6.07) is 20.8. The smallest absolute Gasteiger partial charge is 0.475 e. The monoisotopic (exact) mass is 595 g/mol. The van der Waals surface area contributed by atoms with Gasteiger partial charge < -0.3 is 27.0 Å². The van der Waals surface area contributed by atoms with Crippen molar-refractivity contribution in [3.63, 3.8) is 0 Å². The van der Waals surface area contributed by atoms with Gasteiger partial charge in [0.2, 0.25) is 5.91 Å². The van der Waals surface area contributed by atoms with Crippen LogP contribution in [0.4, 0.5) is 26.3 Å². The van der Waals surface area contributed by atoms with E-state index in [1.54, 1.807) is 0 Å². The lowest BCUT2D eigenvalue weighted by atomic mass is 9.76. The van der Waals surface area contributed by atoms with E-state index in [1.165, 1.54) is 11.1 Å². The van der Waals surface area contributed by atoms with Crippen molar-refractivity contribution >= 4 is 17.8 Å². The number of aliphatic carboxylic acids is 2. The number of nitrogens with one attached hydrogen (secondary N) is 1. The molecule has 0 aliphatic heterocycles. The largest absolute Gasteiger partial charge is 0.490 e. The van der Waals surface area contributed by atoms with Crippen LogP contribution in [0, 0.1) is 5.41 Å². The van der Waals surface area contributed by atoms with E-state index in [4.69, 9.17) is 31.3 Å². The number of nitrogens with two attached hydrogens (primary N) is 2. The van der Waals surface area contributed by atoms with Gasteiger partial charge in [-0.1, -0.05) is 60.7 Å². The average molecular weight is 596 g/mol. The highest BCUT2D eigenvalue weighted by molar-refractivity contribution is 5.82. The topological polar surface area (TPSA) is 156 Å². The Morgan fingerprint density at radius 3 is 1.29 bits per heavy atom. The maximum Gasteiger partial charge on any atom is 0.490 e. The molecule has 230 valence electrons. The van der Waals surface area contributed by atoms with Crippen molar-refractivity contribution in [3.05, 3.63) is 71.8 Å². The lowest BCUT2D eigenvalue weighted by Gasteiger charge is -2.31. The van der Waals surface area contributed by atoms with Crippen molar-refractivity contribution in [2.24, 2.45) is 16.9 Å². The third-order valence-corrected chi connectivity index (χ3v) is 5.71. The number of alkyl halides is 6. The number of benzene rings is 2. The molecule has 0 heterocycles. The second-order valence-electron chi connectivity index (χ2n) is 8.81. The Balaban J connectivity index is 0.000000941. The SMILES string of the molecule is NCCNC(=O)C(CN)(CCCc1ccccc1)CCCc1ccccc1.O=C(O)C(F)(F)F.O=C(O)C(F)(F)F. The minimum atomic E-state index is -5.08. The summed E-state index contributed by atoms with van der Waals surface area (Å²) < 4.78 is 63.5. The maximum atomic E-state index is 12.9. The summed E-state index contributed by atoms with van der Waals surface area (Å²) in [7, 11) is 0. The molecule has 0 aromatic heterocycles. The van der Waals surface area contributed by atoms with Crippen LogP contribution in [-0.4, -0.2) is 60.0 Å². The fraction of sp³-hybridized carbons (Fsp3) is 0.444. The Kier molecular flexibility index (Phi) is 17.0. The van der Waals surface area contributed by atoms with E-state index < -0.39 is 29.7 Å². The Bertz CT molecular complexity index is 966. The van der Waals surface area contributed by atoms with Gasteiger partial charge in [-0.2, -0.15) is 26.3 Å². The van der Waals surface area contributed by atoms with E-state index in [2.05, 4.69) is 53.8 Å². The zero-order valence-electron chi connectivity index (χ0n) is 22.2. The van der Waals surface area contributed by atoms with Gasteiger partial charge >= 0.3 is 24.3 Å². The van der Waals surface area contributed by atoms with E-state index in [-0.39, 0.29) is 5.91 Å². The number of carboxylic acid groups (broad SMARTS) is 2. The molecule has 0 spiro atoms. The van der Waals surface area contributed by atoms with Gasteiger partial charge in [-0.3, -0.25) is 4.79 Å². The van der Waals surface area contributed by atoms with Crippen LogP contribution in [-0.2, 0) is 27.2 Å². The van der Waals surface area contributed by atoms with Crippen molar-refractivity contribution in [1.82, 2.24) is 5.32 Å². The van der Waals surface area contributed by atoms with Gasteiger partial charge in [0.25, 0.3) is 0 Å². The van der Waals surface area contributed by atoms with Crippen molar-refractivity contribution in [1.29, 1.82) is 0 Å². The van der Waals surface area contributed by atoms with Gasteiger partial charge in [0.1, 0.15) is 0 Å². The van der Waals surface area contributed by atoms with Crippen LogP contribution >= 0.6 is 0 Å². The Hall–Kier alpha value is -3.65. The fourth-order valence-electron chi connectivity index (χ4n) is 3.57. The molecule has 0 aliphatic rings. The van der Waals surface area contributed by atoms with Gasteiger partial charge in [-0.15, -0.1) is 0 Å². The van der Waals surface area contributed by atoms with Gasteiger partial charge in [0.05, 0.1) is 5.41 Å². The predicted molar refractivity (Wildman–Crippen MR) is 140 cm³/mol. The number of carboxylic acids is 2. The summed E-state index contributed by atoms with van der Waals surface area (Å²) in [5, 5.41) is 17.2. The molecule has 41 heavy (non-hydrogen) atoms. The van der Waals surface area contributed by atoms with Crippen LogP contribution in [0.3, 0.4) is 0 Å².